The molecule has 0 bridgehead atoms. The second kappa shape index (κ2) is 8.79. The van der Waals surface area contributed by atoms with Crippen LogP contribution < -0.4 is 15.7 Å². The molecular weight excluding hydrogens is 398 g/mol. The fourth-order valence-corrected chi connectivity index (χ4v) is 2.96. The Balaban J connectivity index is 1.74. The van der Waals surface area contributed by atoms with Gasteiger partial charge in [0.05, 0.1) is 22.9 Å². The monoisotopic (exact) mass is 415 g/mol. The van der Waals surface area contributed by atoms with E-state index in [0.29, 0.717) is 16.7 Å². The molecular formula is C21H18ClNO6. The minimum absolute atomic E-state index is 0.196. The van der Waals surface area contributed by atoms with Gasteiger partial charge in [0.15, 0.2) is 6.61 Å². The summed E-state index contributed by atoms with van der Waals surface area (Å²) in [5.74, 6) is -0.836. The van der Waals surface area contributed by atoms with Crippen molar-refractivity contribution in [2.45, 2.75) is 13.8 Å². The maximum atomic E-state index is 12.3. The standard InChI is InChI=1S/C21H18ClNO6/c1-3-27-21(26)13-6-4-5-7-16(13)23-19(24)11-28-18-10-17-14(9-15(18)22)12(2)8-20(25)29-17/h4-10H,3,11H2,1-2H3,(H,23,24). The molecule has 1 heterocycles. The Hall–Kier alpha value is -3.32. The fourth-order valence-electron chi connectivity index (χ4n) is 2.74. The number of rotatable bonds is 6. The first-order chi connectivity index (χ1) is 13.9. The van der Waals surface area contributed by atoms with Gasteiger partial charge in [-0.1, -0.05) is 23.7 Å². The average molecular weight is 416 g/mol. The minimum atomic E-state index is -0.535. The Morgan fingerprint density at radius 1 is 1.17 bits per heavy atom. The van der Waals surface area contributed by atoms with E-state index in [9.17, 15) is 14.4 Å². The number of halogens is 1. The molecule has 0 unspecified atom stereocenters. The SMILES string of the molecule is CCOC(=O)c1ccccc1NC(=O)COc1cc2oc(=O)cc(C)c2cc1Cl. The van der Waals surface area contributed by atoms with Crippen LogP contribution in [0, 0.1) is 6.92 Å². The van der Waals surface area contributed by atoms with Crippen LogP contribution in [0.4, 0.5) is 5.69 Å². The lowest BCUT2D eigenvalue weighted by molar-refractivity contribution is -0.118. The van der Waals surface area contributed by atoms with Crippen molar-refractivity contribution in [1.29, 1.82) is 0 Å². The van der Waals surface area contributed by atoms with Crippen molar-refractivity contribution in [2.75, 3.05) is 18.5 Å². The van der Waals surface area contributed by atoms with Gasteiger partial charge in [0.2, 0.25) is 0 Å². The van der Waals surface area contributed by atoms with Crippen LogP contribution in [-0.2, 0) is 9.53 Å². The molecule has 0 aliphatic rings. The van der Waals surface area contributed by atoms with Crippen molar-refractivity contribution in [3.63, 3.8) is 0 Å². The quantitative estimate of drug-likeness (QED) is 0.484. The Bertz CT molecular complexity index is 1140. The first kappa shape index (κ1) is 20.4. The summed E-state index contributed by atoms with van der Waals surface area (Å²) in [5, 5.41) is 3.56. The summed E-state index contributed by atoms with van der Waals surface area (Å²) in [7, 11) is 0. The molecule has 2 aromatic carbocycles. The maximum Gasteiger partial charge on any atom is 0.340 e. The molecule has 0 atom stereocenters. The average Bonchev–Trinajstić information content (AvgIpc) is 2.67. The lowest BCUT2D eigenvalue weighted by Crippen LogP contribution is -2.22. The van der Waals surface area contributed by atoms with E-state index >= 15 is 0 Å². The number of hydrogen-bond acceptors (Lipinski definition) is 6. The highest BCUT2D eigenvalue weighted by atomic mass is 35.5. The van der Waals surface area contributed by atoms with Crippen molar-refractivity contribution in [3.05, 3.63) is 69.0 Å². The molecule has 3 rings (SSSR count). The number of ether oxygens (including phenoxy) is 2. The van der Waals surface area contributed by atoms with Crippen LogP contribution >= 0.6 is 11.6 Å². The summed E-state index contributed by atoms with van der Waals surface area (Å²) in [5.41, 5.74) is 1.09. The van der Waals surface area contributed by atoms with Gasteiger partial charge < -0.3 is 19.2 Å². The zero-order chi connectivity index (χ0) is 21.0. The number of esters is 1. The molecule has 0 saturated heterocycles. The summed E-state index contributed by atoms with van der Waals surface area (Å²) in [6.07, 6.45) is 0. The van der Waals surface area contributed by atoms with Crippen molar-refractivity contribution in [2.24, 2.45) is 0 Å². The molecule has 0 radical (unpaired) electrons. The van der Waals surface area contributed by atoms with Crippen LogP contribution in [0.15, 0.2) is 51.7 Å². The number of fused-ring (bicyclic) bond motifs is 1. The van der Waals surface area contributed by atoms with Gasteiger partial charge in [-0.25, -0.2) is 9.59 Å². The summed E-state index contributed by atoms with van der Waals surface area (Å²) >= 11 is 6.22. The normalized spacial score (nSPS) is 10.6. The van der Waals surface area contributed by atoms with Crippen molar-refractivity contribution >= 4 is 40.1 Å². The molecule has 1 aromatic heterocycles. The van der Waals surface area contributed by atoms with Gasteiger partial charge in [-0.15, -0.1) is 0 Å². The van der Waals surface area contributed by atoms with E-state index in [-0.39, 0.29) is 29.5 Å². The zero-order valence-corrected chi connectivity index (χ0v) is 16.5. The van der Waals surface area contributed by atoms with E-state index in [4.69, 9.17) is 25.5 Å². The summed E-state index contributed by atoms with van der Waals surface area (Å²) in [6.45, 7) is 3.33. The first-order valence-corrected chi connectivity index (χ1v) is 9.19. The van der Waals surface area contributed by atoms with Gasteiger partial charge in [0.25, 0.3) is 5.91 Å². The maximum absolute atomic E-state index is 12.3. The fraction of sp³-hybridized carbons (Fsp3) is 0.190. The molecule has 1 N–H and O–H groups in total. The largest absolute Gasteiger partial charge is 0.482 e. The Kier molecular flexibility index (Phi) is 6.19. The summed E-state index contributed by atoms with van der Waals surface area (Å²) < 4.78 is 15.6. The van der Waals surface area contributed by atoms with Crippen molar-refractivity contribution in [3.8, 4) is 5.75 Å². The number of hydrogen-bond donors (Lipinski definition) is 1. The highest BCUT2D eigenvalue weighted by Gasteiger charge is 2.15. The molecule has 0 spiro atoms. The van der Waals surface area contributed by atoms with E-state index in [1.807, 2.05) is 0 Å². The number of benzene rings is 2. The van der Waals surface area contributed by atoms with Crippen LogP contribution in [0.5, 0.6) is 5.75 Å². The predicted octanol–water partition coefficient (Wildman–Crippen LogP) is 3.95. The second-order valence-corrected chi connectivity index (χ2v) is 6.54. The van der Waals surface area contributed by atoms with Crippen LogP contribution in [0.25, 0.3) is 11.0 Å². The topological polar surface area (TPSA) is 94.8 Å². The van der Waals surface area contributed by atoms with E-state index < -0.39 is 17.5 Å². The van der Waals surface area contributed by atoms with Crippen molar-refractivity contribution in [1.82, 2.24) is 0 Å². The second-order valence-electron chi connectivity index (χ2n) is 6.13. The minimum Gasteiger partial charge on any atom is -0.482 e. The van der Waals surface area contributed by atoms with Crippen LogP contribution in [0.2, 0.25) is 5.02 Å². The zero-order valence-electron chi connectivity index (χ0n) is 15.8. The van der Waals surface area contributed by atoms with Gasteiger partial charge in [-0.05, 0) is 37.6 Å². The third kappa shape index (κ3) is 4.75. The molecule has 150 valence electrons. The highest BCUT2D eigenvalue weighted by Crippen LogP contribution is 2.31. The molecule has 7 nitrogen and oxygen atoms in total. The van der Waals surface area contributed by atoms with Gasteiger partial charge in [-0.3, -0.25) is 4.79 Å². The third-order valence-electron chi connectivity index (χ3n) is 4.06. The van der Waals surface area contributed by atoms with E-state index in [1.54, 1.807) is 44.2 Å². The number of nitrogens with one attached hydrogen (secondary N) is 1. The Morgan fingerprint density at radius 3 is 2.69 bits per heavy atom. The van der Waals surface area contributed by atoms with Gasteiger partial charge in [0.1, 0.15) is 11.3 Å². The summed E-state index contributed by atoms with van der Waals surface area (Å²) in [4.78, 5) is 35.9. The Labute approximate surface area is 171 Å². The lowest BCUT2D eigenvalue weighted by atomic mass is 10.1. The molecule has 0 fully saturated rings. The van der Waals surface area contributed by atoms with Crippen LogP contribution in [-0.4, -0.2) is 25.1 Å². The molecule has 8 heteroatoms. The highest BCUT2D eigenvalue weighted by molar-refractivity contribution is 6.32. The van der Waals surface area contributed by atoms with Gasteiger partial charge >= 0.3 is 11.6 Å². The Morgan fingerprint density at radius 2 is 1.93 bits per heavy atom. The predicted molar refractivity (Wildman–Crippen MR) is 109 cm³/mol. The number of carbonyl (C=O) groups is 2. The molecule has 0 aliphatic carbocycles. The van der Waals surface area contributed by atoms with Crippen LogP contribution in [0.3, 0.4) is 0 Å². The van der Waals surface area contributed by atoms with E-state index in [1.165, 1.54) is 12.1 Å². The van der Waals surface area contributed by atoms with Gasteiger partial charge in [-0.2, -0.15) is 0 Å². The molecule has 3 aromatic rings. The lowest BCUT2D eigenvalue weighted by Gasteiger charge is -2.12. The van der Waals surface area contributed by atoms with Crippen LogP contribution in [0.1, 0.15) is 22.8 Å². The molecule has 1 amide bonds. The third-order valence-corrected chi connectivity index (χ3v) is 4.35. The molecule has 0 aliphatic heterocycles. The smallest absolute Gasteiger partial charge is 0.340 e. The van der Waals surface area contributed by atoms with E-state index in [2.05, 4.69) is 5.32 Å². The number of aryl methyl sites for hydroxylation is 1. The van der Waals surface area contributed by atoms with Gasteiger partial charge in [0, 0.05) is 17.5 Å². The number of anilines is 1. The molecule has 29 heavy (non-hydrogen) atoms. The van der Waals surface area contributed by atoms with E-state index in [0.717, 1.165) is 5.56 Å². The molecule has 0 saturated carbocycles. The number of carbonyl (C=O) groups excluding carboxylic acids is 2. The number of para-hydroxylation sites is 1. The van der Waals surface area contributed by atoms with Crippen molar-refractivity contribution < 1.29 is 23.5 Å². The number of amides is 1. The first-order valence-electron chi connectivity index (χ1n) is 8.82. The summed E-state index contributed by atoms with van der Waals surface area (Å²) in [6, 6.07) is 10.9.